The Labute approximate surface area is 74.1 Å². The van der Waals surface area contributed by atoms with E-state index in [0.717, 1.165) is 12.5 Å². The number of hydrogen-bond donors (Lipinski definition) is 1. The van der Waals surface area contributed by atoms with Crippen LogP contribution in [-0.2, 0) is 4.79 Å². The lowest BCUT2D eigenvalue weighted by Gasteiger charge is -2.25. The second-order valence-electron chi connectivity index (χ2n) is 3.72. The van der Waals surface area contributed by atoms with E-state index < -0.39 is 0 Å². The van der Waals surface area contributed by atoms with E-state index in [9.17, 15) is 4.79 Å². The van der Waals surface area contributed by atoms with Gasteiger partial charge in [-0.25, -0.2) is 0 Å². The van der Waals surface area contributed by atoms with Crippen LogP contribution in [0.15, 0.2) is 0 Å². The molecule has 3 heteroatoms. The fraction of sp³-hybridized carbons (Fsp3) is 0.889. The molecule has 0 heterocycles. The first-order valence-corrected chi connectivity index (χ1v) is 4.61. The van der Waals surface area contributed by atoms with Gasteiger partial charge in [0.2, 0.25) is 5.91 Å². The van der Waals surface area contributed by atoms with E-state index >= 15 is 0 Å². The third kappa shape index (κ3) is 2.81. The maximum atomic E-state index is 11.1. The number of nitrogens with one attached hydrogen (secondary N) is 1. The van der Waals surface area contributed by atoms with Crippen LogP contribution in [0.4, 0.5) is 0 Å². The van der Waals surface area contributed by atoms with E-state index in [1.165, 1.54) is 19.3 Å². The third-order valence-electron chi connectivity index (χ3n) is 2.43. The number of carbonyl (C=O) groups is 1. The molecule has 3 nitrogen and oxygen atoms in total. The van der Waals surface area contributed by atoms with Crippen LogP contribution in [0.25, 0.3) is 0 Å². The standard InChI is InChI=1S/C9H18N2O/c1-11(2)9(12)7-10-6-8-4-3-5-8/h8,10H,3-7H2,1-2H3. The predicted octanol–water partition coefficient (Wildman–Crippen LogP) is 0.464. The molecule has 1 fully saturated rings. The molecule has 0 aliphatic heterocycles. The lowest BCUT2D eigenvalue weighted by Crippen LogP contribution is -2.36. The molecular formula is C9H18N2O. The molecule has 0 aromatic rings. The van der Waals surface area contributed by atoms with Gasteiger partial charge in [0, 0.05) is 14.1 Å². The molecule has 0 aromatic heterocycles. The smallest absolute Gasteiger partial charge is 0.236 e. The van der Waals surface area contributed by atoms with Gasteiger partial charge in [0.05, 0.1) is 6.54 Å². The summed E-state index contributed by atoms with van der Waals surface area (Å²) >= 11 is 0. The minimum Gasteiger partial charge on any atom is -0.348 e. The van der Waals surface area contributed by atoms with Crippen molar-refractivity contribution in [3.05, 3.63) is 0 Å². The average molecular weight is 170 g/mol. The minimum absolute atomic E-state index is 0.161. The maximum absolute atomic E-state index is 11.1. The zero-order valence-electron chi connectivity index (χ0n) is 7.97. The molecule has 12 heavy (non-hydrogen) atoms. The first kappa shape index (κ1) is 9.52. The summed E-state index contributed by atoms with van der Waals surface area (Å²) in [6.45, 7) is 1.50. The summed E-state index contributed by atoms with van der Waals surface area (Å²) in [6, 6.07) is 0. The number of amides is 1. The summed E-state index contributed by atoms with van der Waals surface area (Å²) in [5.41, 5.74) is 0. The van der Waals surface area contributed by atoms with E-state index in [0.29, 0.717) is 6.54 Å². The van der Waals surface area contributed by atoms with Gasteiger partial charge in [0.15, 0.2) is 0 Å². The highest BCUT2D eigenvalue weighted by Crippen LogP contribution is 2.24. The Morgan fingerprint density at radius 2 is 2.17 bits per heavy atom. The van der Waals surface area contributed by atoms with Crippen molar-refractivity contribution in [1.82, 2.24) is 10.2 Å². The number of nitrogens with zero attached hydrogens (tertiary/aromatic N) is 1. The molecule has 1 N–H and O–H groups in total. The highest BCUT2D eigenvalue weighted by atomic mass is 16.2. The van der Waals surface area contributed by atoms with E-state index in [1.807, 2.05) is 0 Å². The summed E-state index contributed by atoms with van der Waals surface area (Å²) in [5.74, 6) is 0.995. The first-order valence-electron chi connectivity index (χ1n) is 4.61. The fourth-order valence-corrected chi connectivity index (χ4v) is 1.24. The monoisotopic (exact) mass is 170 g/mol. The van der Waals surface area contributed by atoms with Crippen LogP contribution >= 0.6 is 0 Å². The molecule has 0 spiro atoms. The van der Waals surface area contributed by atoms with Gasteiger partial charge < -0.3 is 10.2 Å². The summed E-state index contributed by atoms with van der Waals surface area (Å²) in [6.07, 6.45) is 4.04. The van der Waals surface area contributed by atoms with Crippen LogP contribution in [-0.4, -0.2) is 38.0 Å². The molecule has 1 aliphatic carbocycles. The van der Waals surface area contributed by atoms with Gasteiger partial charge in [-0.1, -0.05) is 6.42 Å². The summed E-state index contributed by atoms with van der Waals surface area (Å²) in [5, 5.41) is 3.18. The highest BCUT2D eigenvalue weighted by Gasteiger charge is 2.16. The van der Waals surface area contributed by atoms with E-state index in [4.69, 9.17) is 0 Å². The summed E-state index contributed by atoms with van der Waals surface area (Å²) < 4.78 is 0. The van der Waals surface area contributed by atoms with Gasteiger partial charge in [-0.2, -0.15) is 0 Å². The fourth-order valence-electron chi connectivity index (χ4n) is 1.24. The average Bonchev–Trinajstić information content (AvgIpc) is 1.93. The Balaban J connectivity index is 1.97. The van der Waals surface area contributed by atoms with Crippen LogP contribution < -0.4 is 5.32 Å². The quantitative estimate of drug-likeness (QED) is 0.665. The number of hydrogen-bond acceptors (Lipinski definition) is 2. The molecule has 0 unspecified atom stereocenters. The second kappa shape index (κ2) is 4.45. The van der Waals surface area contributed by atoms with Crippen molar-refractivity contribution in [2.45, 2.75) is 19.3 Å². The Bertz CT molecular complexity index is 153. The van der Waals surface area contributed by atoms with Crippen LogP contribution in [0, 0.1) is 5.92 Å². The molecular weight excluding hydrogens is 152 g/mol. The van der Waals surface area contributed by atoms with Gasteiger partial charge in [-0.3, -0.25) is 4.79 Å². The van der Waals surface area contributed by atoms with Crippen molar-refractivity contribution < 1.29 is 4.79 Å². The normalized spacial score (nSPS) is 17.2. The highest BCUT2D eigenvalue weighted by molar-refractivity contribution is 5.77. The topological polar surface area (TPSA) is 32.3 Å². The number of carbonyl (C=O) groups excluding carboxylic acids is 1. The summed E-state index contributed by atoms with van der Waals surface area (Å²) in [7, 11) is 3.57. The molecule has 0 radical (unpaired) electrons. The lowest BCUT2D eigenvalue weighted by molar-refractivity contribution is -0.127. The van der Waals surface area contributed by atoms with E-state index in [2.05, 4.69) is 5.32 Å². The summed E-state index contributed by atoms with van der Waals surface area (Å²) in [4.78, 5) is 12.7. The third-order valence-corrected chi connectivity index (χ3v) is 2.43. The first-order chi connectivity index (χ1) is 5.70. The molecule has 1 amide bonds. The second-order valence-corrected chi connectivity index (χ2v) is 3.72. The van der Waals surface area contributed by atoms with Crippen LogP contribution in [0.1, 0.15) is 19.3 Å². The van der Waals surface area contributed by atoms with E-state index in [1.54, 1.807) is 19.0 Å². The van der Waals surface area contributed by atoms with Crippen molar-refractivity contribution in [1.29, 1.82) is 0 Å². The van der Waals surface area contributed by atoms with Crippen LogP contribution in [0.2, 0.25) is 0 Å². The predicted molar refractivity (Wildman–Crippen MR) is 48.9 cm³/mol. The molecule has 1 rings (SSSR count). The van der Waals surface area contributed by atoms with E-state index in [-0.39, 0.29) is 5.91 Å². The molecule has 0 atom stereocenters. The molecule has 1 saturated carbocycles. The van der Waals surface area contributed by atoms with Crippen LogP contribution in [0.5, 0.6) is 0 Å². The Morgan fingerprint density at radius 3 is 2.58 bits per heavy atom. The molecule has 70 valence electrons. The molecule has 1 aliphatic rings. The van der Waals surface area contributed by atoms with Gasteiger partial charge in [-0.15, -0.1) is 0 Å². The number of rotatable bonds is 4. The zero-order valence-corrected chi connectivity index (χ0v) is 7.97. The van der Waals surface area contributed by atoms with Crippen molar-refractivity contribution in [2.24, 2.45) is 5.92 Å². The van der Waals surface area contributed by atoms with Gasteiger partial charge in [0.25, 0.3) is 0 Å². The van der Waals surface area contributed by atoms with Crippen molar-refractivity contribution >= 4 is 5.91 Å². The maximum Gasteiger partial charge on any atom is 0.236 e. The Kier molecular flexibility index (Phi) is 3.53. The Hall–Kier alpha value is -0.570. The van der Waals surface area contributed by atoms with Gasteiger partial charge >= 0.3 is 0 Å². The van der Waals surface area contributed by atoms with Crippen molar-refractivity contribution in [2.75, 3.05) is 27.2 Å². The van der Waals surface area contributed by atoms with Gasteiger partial charge in [-0.05, 0) is 25.3 Å². The van der Waals surface area contributed by atoms with Gasteiger partial charge in [0.1, 0.15) is 0 Å². The molecule has 0 aromatic carbocycles. The number of likely N-dealkylation sites (N-methyl/N-ethyl adjacent to an activating group) is 1. The molecule has 0 saturated heterocycles. The van der Waals surface area contributed by atoms with Crippen molar-refractivity contribution in [3.63, 3.8) is 0 Å². The lowest BCUT2D eigenvalue weighted by atomic mass is 9.85. The largest absolute Gasteiger partial charge is 0.348 e. The van der Waals surface area contributed by atoms with Crippen molar-refractivity contribution in [3.8, 4) is 0 Å². The van der Waals surface area contributed by atoms with Crippen LogP contribution in [0.3, 0.4) is 0 Å². The zero-order chi connectivity index (χ0) is 8.97. The minimum atomic E-state index is 0.161. The Morgan fingerprint density at radius 1 is 1.50 bits per heavy atom. The SMILES string of the molecule is CN(C)C(=O)CNCC1CCC1. The molecule has 0 bridgehead atoms.